The maximum absolute atomic E-state index is 11.1. The van der Waals surface area contributed by atoms with Crippen LogP contribution in [-0.4, -0.2) is 5.91 Å². The van der Waals surface area contributed by atoms with Gasteiger partial charge >= 0.3 is 0 Å². The Morgan fingerprint density at radius 1 is 1.19 bits per heavy atom. The third kappa shape index (κ3) is 4.79. The molecule has 0 aromatic heterocycles. The Labute approximate surface area is 98.0 Å². The highest BCUT2D eigenvalue weighted by Gasteiger charge is 2.08. The highest BCUT2D eigenvalue weighted by atomic mass is 16.2. The number of carbonyl (C=O) groups excluding carboxylic acids is 1. The normalized spacial score (nSPS) is 7.88. The second-order valence-corrected chi connectivity index (χ2v) is 2.51. The van der Waals surface area contributed by atoms with Gasteiger partial charge in [0.2, 0.25) is 0 Å². The van der Waals surface area contributed by atoms with Crippen LogP contribution in [0.3, 0.4) is 0 Å². The zero-order chi connectivity index (χ0) is 13.1. The van der Waals surface area contributed by atoms with Crippen molar-refractivity contribution in [1.82, 2.24) is 5.43 Å². The van der Waals surface area contributed by atoms with E-state index in [2.05, 4.69) is 0 Å². The van der Waals surface area contributed by atoms with E-state index in [-0.39, 0.29) is 5.91 Å². The summed E-state index contributed by atoms with van der Waals surface area (Å²) in [7, 11) is 0. The van der Waals surface area contributed by atoms with Crippen molar-refractivity contribution in [3.8, 4) is 0 Å². The van der Waals surface area contributed by atoms with Gasteiger partial charge in [-0.1, -0.05) is 39.8 Å². The fourth-order valence-electron chi connectivity index (χ4n) is 0.956. The van der Waals surface area contributed by atoms with Crippen molar-refractivity contribution >= 4 is 11.6 Å². The first-order valence-electron chi connectivity index (χ1n) is 5.53. The number of aryl methyl sites for hydroxylation is 1. The third-order valence-electron chi connectivity index (χ3n) is 1.70. The number of nitrogens with two attached hydrogens (primary N) is 2. The molecule has 4 heteroatoms. The second-order valence-electron chi connectivity index (χ2n) is 2.51. The molecule has 4 nitrogen and oxygen atoms in total. The number of carbonyl (C=O) groups is 1. The molecule has 92 valence electrons. The predicted molar refractivity (Wildman–Crippen MR) is 69.9 cm³/mol. The Balaban J connectivity index is 0. The van der Waals surface area contributed by atoms with Crippen LogP contribution >= 0.6 is 0 Å². The molecule has 0 aliphatic carbocycles. The first kappa shape index (κ1) is 16.9. The number of amides is 1. The van der Waals surface area contributed by atoms with Gasteiger partial charge in [0.1, 0.15) is 0 Å². The van der Waals surface area contributed by atoms with Gasteiger partial charge in [0.05, 0.1) is 5.56 Å². The number of para-hydroxylation sites is 1. The van der Waals surface area contributed by atoms with Crippen LogP contribution in [0.25, 0.3) is 0 Å². The lowest BCUT2D eigenvalue weighted by molar-refractivity contribution is 0.0954. The first-order chi connectivity index (χ1) is 7.66. The topological polar surface area (TPSA) is 81.1 Å². The first-order valence-corrected chi connectivity index (χ1v) is 5.53. The molecular weight excluding hydrogens is 202 g/mol. The number of nitrogen functional groups attached to an aromatic ring is 2. The summed E-state index contributed by atoms with van der Waals surface area (Å²) in [5.74, 6) is 4.60. The van der Waals surface area contributed by atoms with Crippen LogP contribution in [0.4, 0.5) is 5.69 Å². The van der Waals surface area contributed by atoms with Crippen molar-refractivity contribution in [3.63, 3.8) is 0 Å². The maximum atomic E-state index is 11.1. The van der Waals surface area contributed by atoms with Crippen molar-refractivity contribution in [2.75, 3.05) is 5.73 Å². The molecule has 0 heterocycles. The maximum Gasteiger partial charge on any atom is 0.267 e. The highest BCUT2D eigenvalue weighted by molar-refractivity contribution is 5.99. The Morgan fingerprint density at radius 2 is 1.69 bits per heavy atom. The average Bonchev–Trinajstić information content (AvgIpc) is 2.37. The minimum Gasteiger partial charge on any atom is -0.398 e. The van der Waals surface area contributed by atoms with Crippen LogP contribution in [0.2, 0.25) is 0 Å². The fraction of sp³-hybridized carbons (Fsp3) is 0.417. The molecule has 0 aliphatic rings. The molecular formula is C12H23N3O. The SMILES string of the molecule is CC.CC.Cc1cccc(C(=O)NN)c1N. The number of hydrogen-bond acceptors (Lipinski definition) is 3. The van der Waals surface area contributed by atoms with Gasteiger partial charge in [0, 0.05) is 5.69 Å². The molecule has 0 unspecified atom stereocenters. The molecule has 0 saturated carbocycles. The Hall–Kier alpha value is -1.55. The summed E-state index contributed by atoms with van der Waals surface area (Å²) in [5.41, 5.74) is 9.43. The largest absolute Gasteiger partial charge is 0.398 e. The summed E-state index contributed by atoms with van der Waals surface area (Å²) in [6.07, 6.45) is 0. The van der Waals surface area contributed by atoms with E-state index < -0.39 is 0 Å². The van der Waals surface area contributed by atoms with Crippen LogP contribution < -0.4 is 17.0 Å². The summed E-state index contributed by atoms with van der Waals surface area (Å²) in [4.78, 5) is 11.1. The van der Waals surface area contributed by atoms with Crippen LogP contribution in [0.15, 0.2) is 18.2 Å². The van der Waals surface area contributed by atoms with Crippen molar-refractivity contribution in [1.29, 1.82) is 0 Å². The van der Waals surface area contributed by atoms with E-state index in [1.54, 1.807) is 12.1 Å². The lowest BCUT2D eigenvalue weighted by atomic mass is 10.1. The number of rotatable bonds is 1. The van der Waals surface area contributed by atoms with Crippen molar-refractivity contribution in [2.24, 2.45) is 5.84 Å². The Kier molecular flexibility index (Phi) is 10.5. The number of nitrogens with one attached hydrogen (secondary N) is 1. The van der Waals surface area contributed by atoms with Crippen molar-refractivity contribution in [3.05, 3.63) is 29.3 Å². The van der Waals surface area contributed by atoms with Gasteiger partial charge in [-0.2, -0.15) is 0 Å². The highest BCUT2D eigenvalue weighted by Crippen LogP contribution is 2.15. The fourth-order valence-corrected chi connectivity index (χ4v) is 0.956. The smallest absolute Gasteiger partial charge is 0.267 e. The van der Waals surface area contributed by atoms with E-state index in [1.165, 1.54) is 0 Å². The van der Waals surface area contributed by atoms with E-state index in [0.29, 0.717) is 11.3 Å². The van der Waals surface area contributed by atoms with E-state index >= 15 is 0 Å². The molecule has 5 N–H and O–H groups in total. The molecule has 0 fully saturated rings. The predicted octanol–water partition coefficient (Wildman–Crippen LogP) is 2.23. The van der Waals surface area contributed by atoms with E-state index in [0.717, 1.165) is 5.56 Å². The molecule has 0 spiro atoms. The summed E-state index contributed by atoms with van der Waals surface area (Å²) in [6, 6.07) is 5.23. The van der Waals surface area contributed by atoms with Gasteiger partial charge in [0.15, 0.2) is 0 Å². The minimum absolute atomic E-state index is 0.365. The molecule has 1 rings (SSSR count). The summed E-state index contributed by atoms with van der Waals surface area (Å²) in [6.45, 7) is 9.84. The quantitative estimate of drug-likeness (QED) is 0.297. The molecule has 0 aliphatic heterocycles. The van der Waals surface area contributed by atoms with Crippen LogP contribution in [-0.2, 0) is 0 Å². The standard InChI is InChI=1S/C8H11N3O.2C2H6/c1-5-3-2-4-6(7(5)9)8(12)11-10;2*1-2/h2-4H,9-10H2,1H3,(H,11,12);2*1-2H3. The summed E-state index contributed by atoms with van der Waals surface area (Å²) in [5, 5.41) is 0. The van der Waals surface area contributed by atoms with Crippen molar-refractivity contribution in [2.45, 2.75) is 34.6 Å². The van der Waals surface area contributed by atoms with E-state index in [1.807, 2.05) is 46.1 Å². The van der Waals surface area contributed by atoms with E-state index in [4.69, 9.17) is 11.6 Å². The third-order valence-corrected chi connectivity index (χ3v) is 1.70. The number of anilines is 1. The lowest BCUT2D eigenvalue weighted by Crippen LogP contribution is -2.30. The van der Waals surface area contributed by atoms with Crippen molar-refractivity contribution < 1.29 is 4.79 Å². The van der Waals surface area contributed by atoms with Gasteiger partial charge < -0.3 is 5.73 Å². The van der Waals surface area contributed by atoms with Gasteiger partial charge in [-0.15, -0.1) is 0 Å². The molecule has 1 aromatic rings. The van der Waals surface area contributed by atoms with E-state index in [9.17, 15) is 4.79 Å². The second kappa shape index (κ2) is 9.98. The minimum atomic E-state index is -0.365. The zero-order valence-electron chi connectivity index (χ0n) is 10.8. The molecule has 0 bridgehead atoms. The van der Waals surface area contributed by atoms with Crippen LogP contribution in [0.5, 0.6) is 0 Å². The molecule has 0 saturated heterocycles. The molecule has 0 radical (unpaired) electrons. The average molecular weight is 225 g/mol. The molecule has 0 atom stereocenters. The van der Waals surface area contributed by atoms with Gasteiger partial charge in [-0.3, -0.25) is 10.2 Å². The summed E-state index contributed by atoms with van der Waals surface area (Å²) < 4.78 is 0. The lowest BCUT2D eigenvalue weighted by Gasteiger charge is -2.05. The number of hydrazine groups is 1. The zero-order valence-corrected chi connectivity index (χ0v) is 10.8. The molecule has 1 aromatic carbocycles. The van der Waals surface area contributed by atoms with Gasteiger partial charge in [-0.25, -0.2) is 5.84 Å². The summed E-state index contributed by atoms with van der Waals surface area (Å²) >= 11 is 0. The van der Waals surface area contributed by atoms with Gasteiger partial charge in [-0.05, 0) is 18.6 Å². The Morgan fingerprint density at radius 3 is 2.12 bits per heavy atom. The monoisotopic (exact) mass is 225 g/mol. The number of benzene rings is 1. The Bertz CT molecular complexity index is 311. The van der Waals surface area contributed by atoms with Crippen LogP contribution in [0, 0.1) is 6.92 Å². The number of hydrogen-bond donors (Lipinski definition) is 3. The van der Waals surface area contributed by atoms with Gasteiger partial charge in [0.25, 0.3) is 5.91 Å². The molecule has 16 heavy (non-hydrogen) atoms. The van der Waals surface area contributed by atoms with Crippen LogP contribution in [0.1, 0.15) is 43.6 Å². The molecule has 1 amide bonds.